The van der Waals surface area contributed by atoms with Crippen molar-refractivity contribution in [1.29, 1.82) is 0 Å². The van der Waals surface area contributed by atoms with Gasteiger partial charge in [-0.25, -0.2) is 15.0 Å². The van der Waals surface area contributed by atoms with Crippen LogP contribution < -0.4 is 25.8 Å². The van der Waals surface area contributed by atoms with E-state index in [4.69, 9.17) is 16.6 Å². The number of likely N-dealkylation sites (tertiary alicyclic amines) is 1. The molecule has 0 radical (unpaired) electrons. The second-order valence-electron chi connectivity index (χ2n) is 15.7. The van der Waals surface area contributed by atoms with Gasteiger partial charge in [-0.3, -0.25) is 44.0 Å². The first-order chi connectivity index (χ1) is 28.5. The highest BCUT2D eigenvalue weighted by atomic mass is 35.5. The van der Waals surface area contributed by atoms with Crippen LogP contribution in [-0.2, 0) is 9.59 Å². The van der Waals surface area contributed by atoms with Crippen LogP contribution in [0.3, 0.4) is 0 Å². The molecule has 5 amide bonds. The topological polar surface area (TPSA) is 176 Å². The lowest BCUT2D eigenvalue weighted by Crippen LogP contribution is -2.66. The number of rotatable bonds is 9. The van der Waals surface area contributed by atoms with E-state index in [1.54, 1.807) is 24.4 Å². The van der Waals surface area contributed by atoms with Crippen molar-refractivity contribution in [3.8, 4) is 0 Å². The summed E-state index contributed by atoms with van der Waals surface area (Å²) in [6.45, 7) is 11.1. The van der Waals surface area contributed by atoms with Crippen LogP contribution in [0.15, 0.2) is 48.7 Å². The van der Waals surface area contributed by atoms with Crippen molar-refractivity contribution in [2.45, 2.75) is 57.7 Å². The first-order valence-corrected chi connectivity index (χ1v) is 21.2. The number of para-hydroxylation sites is 1. The van der Waals surface area contributed by atoms with Crippen molar-refractivity contribution >= 4 is 80.6 Å². The summed E-state index contributed by atoms with van der Waals surface area (Å²) in [4.78, 5) is 88.5. The first-order valence-electron chi connectivity index (χ1n) is 20.0. The number of amides is 5. The highest BCUT2D eigenvalue weighted by Crippen LogP contribution is 2.34. The predicted octanol–water partition coefficient (Wildman–Crippen LogP) is 4.08. The van der Waals surface area contributed by atoms with Crippen LogP contribution in [0.4, 0.5) is 28.1 Å². The van der Waals surface area contributed by atoms with Gasteiger partial charge in [-0.2, -0.15) is 0 Å². The van der Waals surface area contributed by atoms with Crippen LogP contribution in [0.5, 0.6) is 0 Å². The summed E-state index contributed by atoms with van der Waals surface area (Å²) < 4.78 is 0. The summed E-state index contributed by atoms with van der Waals surface area (Å²) in [6, 6.07) is 12.8. The Kier molecular flexibility index (Phi) is 10.5. The molecule has 9 rings (SSSR count). The molecule has 59 heavy (non-hydrogen) atoms. The second kappa shape index (κ2) is 15.9. The van der Waals surface area contributed by atoms with Crippen molar-refractivity contribution in [2.24, 2.45) is 0 Å². The van der Waals surface area contributed by atoms with Gasteiger partial charge < -0.3 is 20.4 Å². The standard InChI is InChI=1S/C41H44ClN11O5S/c1-23-4-3-5-30(42)36(23)48-38(56)32-20-43-41(59-32)46-33-19-34(45-24(2)44-33)51-16-14-50(15-17-51)27-21-52(22-27)25-10-12-49(13-11-25)26-6-7-28-29(18-26)40(58)53(39(28)57)31-8-9-35(54)47-37(31)55/h3-7,18-20,25,27,31H,8-17,21-22H2,1-2H3,(H,48,56)(H,47,54,55)(H,43,44,45,46). The number of piperazine rings is 1. The Bertz CT molecular complexity index is 2330. The fourth-order valence-corrected chi connectivity index (χ4v) is 9.76. The number of carbonyl (C=O) groups is 5. The lowest BCUT2D eigenvalue weighted by Gasteiger charge is -2.52. The number of nitrogens with zero attached hydrogens (tertiary/aromatic N) is 8. The number of imide groups is 2. The third kappa shape index (κ3) is 7.75. The van der Waals surface area contributed by atoms with E-state index in [-0.39, 0.29) is 24.7 Å². The van der Waals surface area contributed by atoms with Crippen LogP contribution in [0, 0.1) is 13.8 Å². The summed E-state index contributed by atoms with van der Waals surface area (Å²) in [5.74, 6) is -0.111. The van der Waals surface area contributed by atoms with Gasteiger partial charge in [0.05, 0.1) is 28.0 Å². The van der Waals surface area contributed by atoms with Gasteiger partial charge in [-0.05, 0) is 62.9 Å². The molecule has 2 aromatic heterocycles. The van der Waals surface area contributed by atoms with E-state index in [2.05, 4.69) is 45.5 Å². The number of aromatic nitrogens is 3. The zero-order valence-corrected chi connectivity index (χ0v) is 34.3. The van der Waals surface area contributed by atoms with E-state index in [9.17, 15) is 24.0 Å². The number of piperidine rings is 2. The van der Waals surface area contributed by atoms with Gasteiger partial charge in [-0.15, -0.1) is 0 Å². The number of benzene rings is 2. The molecule has 16 nitrogen and oxygen atoms in total. The van der Waals surface area contributed by atoms with Crippen LogP contribution in [0.1, 0.15) is 67.5 Å². The van der Waals surface area contributed by atoms with E-state index in [1.807, 2.05) is 38.1 Å². The minimum atomic E-state index is -0.970. The molecule has 2 aromatic carbocycles. The minimum absolute atomic E-state index is 0.0940. The van der Waals surface area contributed by atoms with E-state index in [1.165, 1.54) is 11.3 Å². The molecular weight excluding hydrogens is 794 g/mol. The van der Waals surface area contributed by atoms with E-state index >= 15 is 0 Å². The maximum atomic E-state index is 13.4. The summed E-state index contributed by atoms with van der Waals surface area (Å²) in [7, 11) is 0. The number of nitrogens with one attached hydrogen (secondary N) is 3. The molecule has 7 heterocycles. The number of hydrogen-bond donors (Lipinski definition) is 3. The van der Waals surface area contributed by atoms with Gasteiger partial charge in [0.2, 0.25) is 11.8 Å². The monoisotopic (exact) mass is 837 g/mol. The smallest absolute Gasteiger partial charge is 0.267 e. The Morgan fingerprint density at radius 3 is 2.36 bits per heavy atom. The highest BCUT2D eigenvalue weighted by molar-refractivity contribution is 7.17. The van der Waals surface area contributed by atoms with E-state index in [0.29, 0.717) is 55.6 Å². The molecule has 5 aliphatic heterocycles. The molecule has 1 unspecified atom stereocenters. The summed E-state index contributed by atoms with van der Waals surface area (Å²) >= 11 is 7.55. The molecule has 3 N–H and O–H groups in total. The van der Waals surface area contributed by atoms with Gasteiger partial charge in [0.1, 0.15) is 28.4 Å². The van der Waals surface area contributed by atoms with Gasteiger partial charge in [0, 0.05) is 82.6 Å². The molecule has 4 aromatic rings. The van der Waals surface area contributed by atoms with Crippen LogP contribution in [-0.4, -0.2) is 130 Å². The van der Waals surface area contributed by atoms with Crippen LogP contribution >= 0.6 is 22.9 Å². The Morgan fingerprint density at radius 1 is 0.847 bits per heavy atom. The van der Waals surface area contributed by atoms with Crippen molar-refractivity contribution < 1.29 is 24.0 Å². The number of carbonyl (C=O) groups excluding carboxylic acids is 5. The number of anilines is 5. The van der Waals surface area contributed by atoms with Crippen molar-refractivity contribution in [3.05, 3.63) is 81.1 Å². The molecular formula is C41H44ClN11O5S. The Morgan fingerprint density at radius 2 is 1.61 bits per heavy atom. The fraction of sp³-hybridized carbons (Fsp3) is 0.415. The normalized spacial score (nSPS) is 20.8. The molecule has 0 aliphatic carbocycles. The average Bonchev–Trinajstić information content (AvgIpc) is 3.77. The van der Waals surface area contributed by atoms with Crippen LogP contribution in [0.2, 0.25) is 5.02 Å². The Balaban J connectivity index is 0.735. The number of aryl methyl sites for hydroxylation is 2. The molecule has 4 fully saturated rings. The van der Waals surface area contributed by atoms with Gasteiger partial charge in [-0.1, -0.05) is 35.1 Å². The molecule has 0 spiro atoms. The number of thiazole rings is 1. The quantitative estimate of drug-likeness (QED) is 0.206. The molecule has 306 valence electrons. The Hall–Kier alpha value is -5.49. The summed E-state index contributed by atoms with van der Waals surface area (Å²) in [5, 5.41) is 9.44. The molecule has 5 aliphatic rings. The highest BCUT2D eigenvalue weighted by Gasteiger charge is 2.45. The zero-order valence-electron chi connectivity index (χ0n) is 32.7. The lowest BCUT2D eigenvalue weighted by molar-refractivity contribution is -0.136. The third-order valence-electron chi connectivity index (χ3n) is 12.1. The second-order valence-corrected chi connectivity index (χ2v) is 17.2. The SMILES string of the molecule is Cc1nc(Nc2ncc(C(=O)Nc3c(C)cccc3Cl)s2)cc(N2CCN(C3CN(C4CCN(c5ccc6c(c5)C(=O)N(C5CCC(=O)NC5=O)C6=O)CC4)C3)CC2)n1. The van der Waals surface area contributed by atoms with E-state index in [0.717, 1.165) is 87.2 Å². The first kappa shape index (κ1) is 39.0. The minimum Gasteiger partial charge on any atom is -0.371 e. The zero-order chi connectivity index (χ0) is 40.9. The fourth-order valence-electron chi connectivity index (χ4n) is 8.77. The molecule has 0 bridgehead atoms. The average molecular weight is 838 g/mol. The number of halogens is 1. The largest absolute Gasteiger partial charge is 0.371 e. The maximum Gasteiger partial charge on any atom is 0.267 e. The van der Waals surface area contributed by atoms with E-state index < -0.39 is 23.8 Å². The summed E-state index contributed by atoms with van der Waals surface area (Å²) in [6.07, 6.45) is 3.79. The van der Waals surface area contributed by atoms with Gasteiger partial charge in [0.25, 0.3) is 17.7 Å². The van der Waals surface area contributed by atoms with Crippen molar-refractivity contribution in [3.63, 3.8) is 0 Å². The lowest BCUT2D eigenvalue weighted by atomic mass is 9.95. The van der Waals surface area contributed by atoms with Gasteiger partial charge >= 0.3 is 0 Å². The molecule has 1 atom stereocenters. The molecule has 18 heteroatoms. The van der Waals surface area contributed by atoms with Crippen LogP contribution in [0.25, 0.3) is 0 Å². The predicted molar refractivity (Wildman–Crippen MR) is 224 cm³/mol. The number of fused-ring (bicyclic) bond motifs is 1. The maximum absolute atomic E-state index is 13.4. The summed E-state index contributed by atoms with van der Waals surface area (Å²) in [5.41, 5.74) is 2.98. The van der Waals surface area contributed by atoms with Crippen molar-refractivity contribution in [1.82, 2.24) is 35.0 Å². The van der Waals surface area contributed by atoms with Gasteiger partial charge in [0.15, 0.2) is 5.13 Å². The Labute approximate surface area is 349 Å². The molecule has 0 saturated carbocycles. The van der Waals surface area contributed by atoms with Crippen molar-refractivity contribution in [2.75, 3.05) is 72.8 Å². The number of hydrogen-bond acceptors (Lipinski definition) is 14. The third-order valence-corrected chi connectivity index (χ3v) is 13.3. The molecule has 4 saturated heterocycles.